The Bertz CT molecular complexity index is 880. The molecule has 0 saturated heterocycles. The number of hydrogen-bond acceptors (Lipinski definition) is 1. The van der Waals surface area contributed by atoms with Crippen molar-refractivity contribution in [1.29, 1.82) is 0 Å². The lowest BCUT2D eigenvalue weighted by molar-refractivity contribution is -0.683. The number of rotatable bonds is 3. The molecule has 0 unspecified atom stereocenters. The molecule has 0 N–H and O–H groups in total. The number of aromatic nitrogens is 1. The SMILES string of the molecule is O=C(C[n+]1cccc(-c2ccccc2)c1)N1CCc2ccccc21.[Cl-]. The number of amides is 1. The molecule has 0 radical (unpaired) electrons. The Morgan fingerprint density at radius 1 is 0.920 bits per heavy atom. The minimum atomic E-state index is 0. The molecule has 126 valence electrons. The normalized spacial score (nSPS) is 12.4. The van der Waals surface area contributed by atoms with E-state index in [1.807, 2.05) is 64.3 Å². The molecule has 2 heterocycles. The Kier molecular flexibility index (Phi) is 5.15. The molecule has 1 aliphatic heterocycles. The molecule has 1 aromatic heterocycles. The van der Waals surface area contributed by atoms with Crippen LogP contribution in [0.2, 0.25) is 0 Å². The first-order chi connectivity index (χ1) is 11.8. The Hall–Kier alpha value is -2.65. The van der Waals surface area contributed by atoms with E-state index >= 15 is 0 Å². The Balaban J connectivity index is 0.00000182. The van der Waals surface area contributed by atoms with Crippen molar-refractivity contribution < 1.29 is 21.8 Å². The van der Waals surface area contributed by atoms with E-state index in [1.54, 1.807) is 0 Å². The lowest BCUT2D eigenvalue weighted by Gasteiger charge is -2.15. The molecule has 25 heavy (non-hydrogen) atoms. The van der Waals surface area contributed by atoms with E-state index in [0.717, 1.165) is 29.8 Å². The van der Waals surface area contributed by atoms with Gasteiger partial charge >= 0.3 is 0 Å². The fourth-order valence-corrected chi connectivity index (χ4v) is 3.26. The monoisotopic (exact) mass is 350 g/mol. The predicted octanol–water partition coefficient (Wildman–Crippen LogP) is 0.234. The van der Waals surface area contributed by atoms with Crippen LogP contribution >= 0.6 is 0 Å². The maximum atomic E-state index is 12.7. The van der Waals surface area contributed by atoms with Crippen molar-refractivity contribution in [2.24, 2.45) is 0 Å². The van der Waals surface area contributed by atoms with Crippen LogP contribution in [-0.4, -0.2) is 12.5 Å². The van der Waals surface area contributed by atoms with E-state index < -0.39 is 0 Å². The summed E-state index contributed by atoms with van der Waals surface area (Å²) in [5, 5.41) is 0. The maximum Gasteiger partial charge on any atom is 0.292 e. The molecule has 0 bridgehead atoms. The third-order valence-corrected chi connectivity index (χ3v) is 4.47. The second-order valence-corrected chi connectivity index (χ2v) is 6.06. The highest BCUT2D eigenvalue weighted by molar-refractivity contribution is 5.94. The number of fused-ring (bicyclic) bond motifs is 1. The molecule has 4 rings (SSSR count). The highest BCUT2D eigenvalue weighted by Crippen LogP contribution is 2.27. The summed E-state index contributed by atoms with van der Waals surface area (Å²) in [7, 11) is 0. The van der Waals surface area contributed by atoms with Crippen molar-refractivity contribution in [2.45, 2.75) is 13.0 Å². The van der Waals surface area contributed by atoms with Crippen molar-refractivity contribution in [3.8, 4) is 11.1 Å². The van der Waals surface area contributed by atoms with E-state index in [4.69, 9.17) is 0 Å². The average Bonchev–Trinajstić information content (AvgIpc) is 3.07. The molecule has 0 fully saturated rings. The van der Waals surface area contributed by atoms with Gasteiger partial charge in [0.05, 0.1) is 0 Å². The molecule has 4 heteroatoms. The first-order valence-electron chi connectivity index (χ1n) is 8.24. The number of nitrogens with zero attached hydrogens (tertiary/aromatic N) is 2. The van der Waals surface area contributed by atoms with Gasteiger partial charge in [0.2, 0.25) is 6.54 Å². The molecule has 0 aliphatic carbocycles. The summed E-state index contributed by atoms with van der Waals surface area (Å²) in [5.41, 5.74) is 4.59. The predicted molar refractivity (Wildman–Crippen MR) is 94.6 cm³/mol. The largest absolute Gasteiger partial charge is 1.00 e. The Morgan fingerprint density at radius 3 is 2.48 bits per heavy atom. The van der Waals surface area contributed by atoms with Crippen LogP contribution < -0.4 is 21.9 Å². The minimum absolute atomic E-state index is 0. The van der Waals surface area contributed by atoms with Gasteiger partial charge in [0.25, 0.3) is 5.91 Å². The van der Waals surface area contributed by atoms with E-state index in [2.05, 4.69) is 24.3 Å². The van der Waals surface area contributed by atoms with Crippen molar-refractivity contribution in [3.63, 3.8) is 0 Å². The number of hydrogen-bond donors (Lipinski definition) is 0. The van der Waals surface area contributed by atoms with Gasteiger partial charge in [-0.05, 0) is 29.7 Å². The number of carbonyl (C=O) groups excluding carboxylic acids is 1. The quantitative estimate of drug-likeness (QED) is 0.621. The lowest BCUT2D eigenvalue weighted by Crippen LogP contribution is -3.00. The number of pyridine rings is 1. The first-order valence-corrected chi connectivity index (χ1v) is 8.24. The molecule has 0 atom stereocenters. The zero-order chi connectivity index (χ0) is 16.4. The van der Waals surface area contributed by atoms with Gasteiger partial charge < -0.3 is 17.3 Å². The first kappa shape index (κ1) is 17.2. The third kappa shape index (κ3) is 3.57. The van der Waals surface area contributed by atoms with Gasteiger partial charge in [-0.1, -0.05) is 48.5 Å². The summed E-state index contributed by atoms with van der Waals surface area (Å²) in [5.74, 6) is 0.134. The highest BCUT2D eigenvalue weighted by atomic mass is 35.5. The van der Waals surface area contributed by atoms with Crippen molar-refractivity contribution in [2.75, 3.05) is 11.4 Å². The third-order valence-electron chi connectivity index (χ3n) is 4.47. The van der Waals surface area contributed by atoms with Crippen LogP contribution in [0.4, 0.5) is 5.69 Å². The number of benzene rings is 2. The number of halogens is 1. The molecule has 0 saturated carbocycles. The second-order valence-electron chi connectivity index (χ2n) is 6.06. The van der Waals surface area contributed by atoms with Crippen LogP contribution in [0.15, 0.2) is 79.1 Å². The summed E-state index contributed by atoms with van der Waals surface area (Å²) in [4.78, 5) is 14.6. The topological polar surface area (TPSA) is 24.2 Å². The molecule has 3 aromatic rings. The molecular weight excluding hydrogens is 332 g/mol. The highest BCUT2D eigenvalue weighted by Gasteiger charge is 2.26. The standard InChI is InChI=1S/C21H19N2O.ClH/c24-21(23-14-12-18-9-4-5-11-20(18)23)16-22-13-6-10-19(15-22)17-7-2-1-3-8-17;/h1-11,13,15H,12,14,16H2;1H/q+1;/p-1. The number of anilines is 1. The lowest BCUT2D eigenvalue weighted by atomic mass is 10.1. The van der Waals surface area contributed by atoms with Gasteiger partial charge in [0, 0.05) is 23.9 Å². The summed E-state index contributed by atoms with van der Waals surface area (Å²) in [6.45, 7) is 1.13. The molecular formula is C21H19ClN2O. The van der Waals surface area contributed by atoms with Gasteiger partial charge in [-0.2, -0.15) is 4.57 Å². The van der Waals surface area contributed by atoms with Crippen molar-refractivity contribution in [3.05, 3.63) is 84.7 Å². The van der Waals surface area contributed by atoms with Gasteiger partial charge in [0.15, 0.2) is 12.4 Å². The van der Waals surface area contributed by atoms with Crippen LogP contribution in [0.5, 0.6) is 0 Å². The van der Waals surface area contributed by atoms with Gasteiger partial charge in [0.1, 0.15) is 0 Å². The van der Waals surface area contributed by atoms with Crippen LogP contribution in [-0.2, 0) is 17.8 Å². The van der Waals surface area contributed by atoms with Gasteiger partial charge in [-0.3, -0.25) is 4.79 Å². The minimum Gasteiger partial charge on any atom is -1.00 e. The van der Waals surface area contributed by atoms with E-state index in [-0.39, 0.29) is 18.3 Å². The Morgan fingerprint density at radius 2 is 1.64 bits per heavy atom. The van der Waals surface area contributed by atoms with E-state index in [1.165, 1.54) is 5.56 Å². The van der Waals surface area contributed by atoms with Crippen LogP contribution in [0.3, 0.4) is 0 Å². The average molecular weight is 351 g/mol. The fourth-order valence-electron chi connectivity index (χ4n) is 3.26. The number of para-hydroxylation sites is 1. The Labute approximate surface area is 154 Å². The molecule has 0 spiro atoms. The molecule has 2 aromatic carbocycles. The fraction of sp³-hybridized carbons (Fsp3) is 0.143. The van der Waals surface area contributed by atoms with Crippen molar-refractivity contribution >= 4 is 11.6 Å². The van der Waals surface area contributed by atoms with Crippen molar-refractivity contribution in [1.82, 2.24) is 0 Å². The molecule has 3 nitrogen and oxygen atoms in total. The van der Waals surface area contributed by atoms with Crippen LogP contribution in [0.25, 0.3) is 11.1 Å². The summed E-state index contributed by atoms with van der Waals surface area (Å²) >= 11 is 0. The zero-order valence-electron chi connectivity index (χ0n) is 13.8. The summed E-state index contributed by atoms with van der Waals surface area (Å²) < 4.78 is 1.96. The van der Waals surface area contributed by atoms with Crippen LogP contribution in [0, 0.1) is 0 Å². The second kappa shape index (κ2) is 7.49. The van der Waals surface area contributed by atoms with E-state index in [0.29, 0.717) is 6.54 Å². The summed E-state index contributed by atoms with van der Waals surface area (Å²) in [6.07, 6.45) is 4.93. The smallest absolute Gasteiger partial charge is 0.292 e. The number of carbonyl (C=O) groups is 1. The summed E-state index contributed by atoms with van der Waals surface area (Å²) in [6, 6.07) is 22.5. The van der Waals surface area contributed by atoms with Gasteiger partial charge in [-0.25, -0.2) is 0 Å². The van der Waals surface area contributed by atoms with Crippen LogP contribution in [0.1, 0.15) is 5.56 Å². The molecule has 1 aliphatic rings. The van der Waals surface area contributed by atoms with E-state index in [9.17, 15) is 4.79 Å². The molecule has 1 amide bonds. The maximum absolute atomic E-state index is 12.7. The zero-order valence-corrected chi connectivity index (χ0v) is 14.6. The van der Waals surface area contributed by atoms with Gasteiger partial charge in [-0.15, -0.1) is 0 Å².